The van der Waals surface area contributed by atoms with Gasteiger partial charge >= 0.3 is 0 Å². The summed E-state index contributed by atoms with van der Waals surface area (Å²) in [6, 6.07) is 18.4. The van der Waals surface area contributed by atoms with Gasteiger partial charge < -0.3 is 15.4 Å². The second kappa shape index (κ2) is 8.39. The molecule has 0 aromatic heterocycles. The number of nitrogens with one attached hydrogen (secondary N) is 2. The third-order valence-corrected chi connectivity index (χ3v) is 3.60. The van der Waals surface area contributed by atoms with E-state index in [4.69, 9.17) is 17.0 Å². The number of benzene rings is 2. The van der Waals surface area contributed by atoms with Gasteiger partial charge in [0.2, 0.25) is 0 Å². The summed E-state index contributed by atoms with van der Waals surface area (Å²) in [4.78, 5) is 0. The van der Waals surface area contributed by atoms with Crippen LogP contribution in [0.25, 0.3) is 0 Å². The van der Waals surface area contributed by atoms with E-state index in [1.165, 1.54) is 11.1 Å². The molecule has 116 valence electrons. The lowest BCUT2D eigenvalue weighted by molar-refractivity contribution is 0.340. The lowest BCUT2D eigenvalue weighted by Gasteiger charge is -2.18. The molecule has 0 saturated heterocycles. The van der Waals surface area contributed by atoms with Crippen LogP contribution in [0.3, 0.4) is 0 Å². The maximum Gasteiger partial charge on any atom is 0.167 e. The normalized spacial score (nSPS) is 11.5. The molecule has 0 aliphatic rings. The van der Waals surface area contributed by atoms with Crippen molar-refractivity contribution in [2.75, 3.05) is 6.61 Å². The lowest BCUT2D eigenvalue weighted by Crippen LogP contribution is -2.36. The Morgan fingerprint density at radius 3 is 2.41 bits per heavy atom. The van der Waals surface area contributed by atoms with E-state index in [1.54, 1.807) is 0 Å². The van der Waals surface area contributed by atoms with Crippen molar-refractivity contribution in [3.05, 3.63) is 65.7 Å². The van der Waals surface area contributed by atoms with Crippen molar-refractivity contribution in [3.8, 4) is 5.75 Å². The topological polar surface area (TPSA) is 33.3 Å². The van der Waals surface area contributed by atoms with Gasteiger partial charge in [-0.2, -0.15) is 0 Å². The Hall–Kier alpha value is -2.07. The molecule has 0 radical (unpaired) electrons. The molecule has 0 heterocycles. The van der Waals surface area contributed by atoms with Crippen LogP contribution in [0, 0.1) is 0 Å². The van der Waals surface area contributed by atoms with Crippen LogP contribution in [0.15, 0.2) is 54.6 Å². The van der Waals surface area contributed by atoms with E-state index in [0.29, 0.717) is 11.7 Å². The van der Waals surface area contributed by atoms with Crippen molar-refractivity contribution >= 4 is 17.3 Å². The predicted molar refractivity (Wildman–Crippen MR) is 95.0 cm³/mol. The molecular weight excluding hydrogens is 292 g/mol. The zero-order chi connectivity index (χ0) is 15.8. The zero-order valence-corrected chi connectivity index (χ0v) is 13.8. The fourth-order valence-corrected chi connectivity index (χ4v) is 2.38. The van der Waals surface area contributed by atoms with Crippen LogP contribution < -0.4 is 15.4 Å². The van der Waals surface area contributed by atoms with Gasteiger partial charge in [-0.15, -0.1) is 0 Å². The van der Waals surface area contributed by atoms with Gasteiger partial charge in [-0.3, -0.25) is 0 Å². The fraction of sp³-hybridized carbons (Fsp3) is 0.278. The van der Waals surface area contributed by atoms with E-state index in [-0.39, 0.29) is 6.04 Å². The molecule has 3 nitrogen and oxygen atoms in total. The van der Waals surface area contributed by atoms with Gasteiger partial charge in [0.1, 0.15) is 5.75 Å². The molecule has 22 heavy (non-hydrogen) atoms. The number of hydrogen-bond acceptors (Lipinski definition) is 2. The number of hydrogen-bond donors (Lipinski definition) is 2. The third kappa shape index (κ3) is 5.04. The molecule has 2 N–H and O–H groups in total. The van der Waals surface area contributed by atoms with Crippen molar-refractivity contribution in [1.29, 1.82) is 0 Å². The highest BCUT2D eigenvalue weighted by Gasteiger charge is 2.07. The molecule has 0 bridgehead atoms. The second-order valence-electron chi connectivity index (χ2n) is 5.04. The summed E-state index contributed by atoms with van der Waals surface area (Å²) in [5.41, 5.74) is 2.38. The minimum absolute atomic E-state index is 0.145. The Morgan fingerprint density at radius 2 is 1.77 bits per heavy atom. The van der Waals surface area contributed by atoms with E-state index < -0.39 is 0 Å². The first-order valence-corrected chi connectivity index (χ1v) is 7.91. The van der Waals surface area contributed by atoms with Gasteiger partial charge in [-0.25, -0.2) is 0 Å². The smallest absolute Gasteiger partial charge is 0.167 e. The van der Waals surface area contributed by atoms with Crippen molar-refractivity contribution in [2.24, 2.45) is 0 Å². The molecule has 0 aliphatic heterocycles. The Balaban J connectivity index is 1.82. The SMILES string of the molecule is CCOc1ccc(C(C)NC(=S)NCc2ccccc2)cc1. The molecule has 1 atom stereocenters. The molecule has 0 fully saturated rings. The maximum atomic E-state index is 5.45. The molecule has 2 aromatic carbocycles. The monoisotopic (exact) mass is 314 g/mol. The minimum Gasteiger partial charge on any atom is -0.494 e. The van der Waals surface area contributed by atoms with Crippen LogP contribution in [-0.2, 0) is 6.54 Å². The quantitative estimate of drug-likeness (QED) is 0.794. The standard InChI is InChI=1S/C18H22N2OS/c1-3-21-17-11-9-16(10-12-17)14(2)20-18(22)19-13-15-7-5-4-6-8-15/h4-12,14H,3,13H2,1-2H3,(H2,19,20,22). The maximum absolute atomic E-state index is 5.45. The lowest BCUT2D eigenvalue weighted by atomic mass is 10.1. The Kier molecular flexibility index (Phi) is 6.22. The van der Waals surface area contributed by atoms with Gasteiger partial charge in [-0.05, 0) is 49.3 Å². The largest absolute Gasteiger partial charge is 0.494 e. The van der Waals surface area contributed by atoms with Crippen LogP contribution in [-0.4, -0.2) is 11.7 Å². The minimum atomic E-state index is 0.145. The van der Waals surface area contributed by atoms with Crippen LogP contribution in [0.5, 0.6) is 5.75 Å². The molecule has 2 aromatic rings. The third-order valence-electron chi connectivity index (χ3n) is 3.33. The summed E-state index contributed by atoms with van der Waals surface area (Å²) in [6.45, 7) is 5.48. The highest BCUT2D eigenvalue weighted by atomic mass is 32.1. The Morgan fingerprint density at radius 1 is 1.09 bits per heavy atom. The van der Waals surface area contributed by atoms with Crippen LogP contribution in [0.2, 0.25) is 0 Å². The average Bonchev–Trinajstić information content (AvgIpc) is 2.55. The number of ether oxygens (including phenoxy) is 1. The van der Waals surface area contributed by atoms with Crippen LogP contribution in [0.1, 0.15) is 31.0 Å². The van der Waals surface area contributed by atoms with Gasteiger partial charge in [-0.1, -0.05) is 42.5 Å². The van der Waals surface area contributed by atoms with E-state index in [0.717, 1.165) is 12.3 Å². The molecule has 2 rings (SSSR count). The second-order valence-corrected chi connectivity index (χ2v) is 5.44. The van der Waals surface area contributed by atoms with Crippen molar-refractivity contribution in [2.45, 2.75) is 26.4 Å². The average molecular weight is 314 g/mol. The Bertz CT molecular complexity index is 584. The highest BCUT2D eigenvalue weighted by Crippen LogP contribution is 2.17. The van der Waals surface area contributed by atoms with E-state index >= 15 is 0 Å². The molecule has 0 saturated carbocycles. The van der Waals surface area contributed by atoms with Crippen molar-refractivity contribution in [1.82, 2.24) is 10.6 Å². The molecular formula is C18H22N2OS. The zero-order valence-electron chi connectivity index (χ0n) is 13.0. The predicted octanol–water partition coefficient (Wildman–Crippen LogP) is 3.81. The van der Waals surface area contributed by atoms with E-state index in [1.807, 2.05) is 37.3 Å². The first-order chi connectivity index (χ1) is 10.7. The van der Waals surface area contributed by atoms with Gasteiger partial charge in [0.15, 0.2) is 5.11 Å². The van der Waals surface area contributed by atoms with Gasteiger partial charge in [0.05, 0.1) is 12.6 Å². The molecule has 0 aliphatic carbocycles. The van der Waals surface area contributed by atoms with E-state index in [9.17, 15) is 0 Å². The number of thiocarbonyl (C=S) groups is 1. The van der Waals surface area contributed by atoms with Crippen LogP contribution in [0.4, 0.5) is 0 Å². The molecule has 0 amide bonds. The summed E-state index contributed by atoms with van der Waals surface area (Å²) in [7, 11) is 0. The molecule has 4 heteroatoms. The summed E-state index contributed by atoms with van der Waals surface area (Å²) in [5, 5.41) is 7.18. The summed E-state index contributed by atoms with van der Waals surface area (Å²) in [6.07, 6.45) is 0. The highest BCUT2D eigenvalue weighted by molar-refractivity contribution is 7.80. The van der Waals surface area contributed by atoms with Crippen molar-refractivity contribution < 1.29 is 4.74 Å². The summed E-state index contributed by atoms with van der Waals surface area (Å²) in [5.74, 6) is 0.892. The molecule has 0 spiro atoms. The molecule has 1 unspecified atom stereocenters. The number of rotatable bonds is 6. The van der Waals surface area contributed by atoms with Gasteiger partial charge in [0.25, 0.3) is 0 Å². The Labute approximate surface area is 137 Å². The summed E-state index contributed by atoms with van der Waals surface area (Å²) < 4.78 is 5.45. The van der Waals surface area contributed by atoms with Gasteiger partial charge in [0, 0.05) is 6.54 Å². The first-order valence-electron chi connectivity index (χ1n) is 7.50. The van der Waals surface area contributed by atoms with E-state index in [2.05, 4.69) is 41.8 Å². The fourth-order valence-electron chi connectivity index (χ4n) is 2.13. The van der Waals surface area contributed by atoms with Crippen LogP contribution >= 0.6 is 12.2 Å². The van der Waals surface area contributed by atoms with Crippen molar-refractivity contribution in [3.63, 3.8) is 0 Å². The first kappa shape index (κ1) is 16.3. The summed E-state index contributed by atoms with van der Waals surface area (Å²) >= 11 is 5.35.